The van der Waals surface area contributed by atoms with Gasteiger partial charge in [0.1, 0.15) is 29.1 Å². The monoisotopic (exact) mass is 538 g/mol. The van der Waals surface area contributed by atoms with Gasteiger partial charge in [-0.25, -0.2) is 4.39 Å². The summed E-state index contributed by atoms with van der Waals surface area (Å²) in [4.78, 5) is 10.9. The Morgan fingerprint density at radius 3 is 2.44 bits per heavy atom. The summed E-state index contributed by atoms with van der Waals surface area (Å²) in [6.07, 6.45) is -2.38. The van der Waals surface area contributed by atoms with Crippen LogP contribution in [-0.4, -0.2) is 53.0 Å². The van der Waals surface area contributed by atoms with Crippen molar-refractivity contribution in [1.82, 2.24) is 15.3 Å². The first-order valence-electron chi connectivity index (χ1n) is 13.1. The predicted molar refractivity (Wildman–Crippen MR) is 139 cm³/mol. The van der Waals surface area contributed by atoms with E-state index in [0.29, 0.717) is 29.9 Å². The molecular weight excluding hydrogens is 512 g/mol. The number of benzene rings is 3. The summed E-state index contributed by atoms with van der Waals surface area (Å²) in [7, 11) is 0. The molecule has 4 aromatic rings. The van der Waals surface area contributed by atoms with Gasteiger partial charge in [-0.3, -0.25) is 0 Å². The minimum absolute atomic E-state index is 0.00577. The highest BCUT2D eigenvalue weighted by molar-refractivity contribution is 6.01. The molecule has 1 aliphatic carbocycles. The molecule has 3 aromatic carbocycles. The molecular formula is C29H26F4N4O2. The SMILES string of the molecule is Oc1cc(-c2ccc3c(N4CC5CCC(C4)N5)nc(OCC4(C(F)(F)F)CC4)nc3c2F)c2ccccc2c1. The molecule has 2 bridgehead atoms. The number of hydrogen-bond acceptors (Lipinski definition) is 6. The number of phenolic OH excluding ortho intramolecular Hbond substituents is 1. The van der Waals surface area contributed by atoms with Crippen LogP contribution in [0.1, 0.15) is 25.7 Å². The molecule has 39 heavy (non-hydrogen) atoms. The molecule has 3 heterocycles. The van der Waals surface area contributed by atoms with Gasteiger partial charge in [0.05, 0.1) is 0 Å². The molecule has 1 saturated carbocycles. The van der Waals surface area contributed by atoms with Crippen LogP contribution in [0, 0.1) is 11.2 Å². The summed E-state index contributed by atoms with van der Waals surface area (Å²) in [6, 6.07) is 14.1. The normalized spacial score (nSPS) is 22.0. The molecule has 2 unspecified atom stereocenters. The number of hydrogen-bond donors (Lipinski definition) is 2. The number of alkyl halides is 3. The number of ether oxygens (including phenoxy) is 1. The summed E-state index contributed by atoms with van der Waals surface area (Å²) < 4.78 is 62.6. The minimum Gasteiger partial charge on any atom is -0.508 e. The van der Waals surface area contributed by atoms with E-state index in [2.05, 4.69) is 20.2 Å². The van der Waals surface area contributed by atoms with Crippen molar-refractivity contribution in [2.75, 3.05) is 24.6 Å². The molecule has 3 aliphatic rings. The molecule has 2 N–H and O–H groups in total. The molecule has 7 rings (SSSR count). The number of piperazine rings is 1. The lowest BCUT2D eigenvalue weighted by atomic mass is 9.96. The molecule has 2 saturated heterocycles. The molecule has 0 radical (unpaired) electrons. The largest absolute Gasteiger partial charge is 0.508 e. The molecule has 202 valence electrons. The Labute approximate surface area is 221 Å². The van der Waals surface area contributed by atoms with Crippen molar-refractivity contribution >= 4 is 27.5 Å². The zero-order chi connectivity index (χ0) is 26.9. The maximum absolute atomic E-state index is 16.3. The van der Waals surface area contributed by atoms with Crippen LogP contribution < -0.4 is 15.0 Å². The molecule has 2 atom stereocenters. The first kappa shape index (κ1) is 24.4. The summed E-state index contributed by atoms with van der Waals surface area (Å²) in [6.45, 7) is 0.691. The fraction of sp³-hybridized carbons (Fsp3) is 0.379. The van der Waals surface area contributed by atoms with Gasteiger partial charge in [-0.05, 0) is 60.2 Å². The topological polar surface area (TPSA) is 70.5 Å². The van der Waals surface area contributed by atoms with Crippen molar-refractivity contribution in [3.8, 4) is 22.9 Å². The Morgan fingerprint density at radius 2 is 1.72 bits per heavy atom. The smallest absolute Gasteiger partial charge is 0.397 e. The van der Waals surface area contributed by atoms with Crippen molar-refractivity contribution in [2.45, 2.75) is 43.9 Å². The third-order valence-electron chi connectivity index (χ3n) is 8.35. The first-order chi connectivity index (χ1) is 18.7. The zero-order valence-electron chi connectivity index (χ0n) is 20.9. The molecule has 10 heteroatoms. The first-order valence-corrected chi connectivity index (χ1v) is 13.1. The van der Waals surface area contributed by atoms with Crippen LogP contribution in [0.5, 0.6) is 11.8 Å². The number of phenols is 1. The van der Waals surface area contributed by atoms with E-state index < -0.39 is 24.0 Å². The molecule has 0 amide bonds. The van der Waals surface area contributed by atoms with Crippen LogP contribution in [0.2, 0.25) is 0 Å². The number of fused-ring (bicyclic) bond motifs is 4. The number of anilines is 1. The van der Waals surface area contributed by atoms with Gasteiger partial charge in [-0.1, -0.05) is 30.3 Å². The second-order valence-corrected chi connectivity index (χ2v) is 11.0. The van der Waals surface area contributed by atoms with E-state index in [1.54, 1.807) is 18.2 Å². The highest BCUT2D eigenvalue weighted by Crippen LogP contribution is 2.57. The van der Waals surface area contributed by atoms with Crippen LogP contribution in [0.3, 0.4) is 0 Å². The quantitative estimate of drug-likeness (QED) is 0.306. The fourth-order valence-corrected chi connectivity index (χ4v) is 5.99. The third kappa shape index (κ3) is 4.12. The highest BCUT2D eigenvalue weighted by atomic mass is 19.4. The Hall–Kier alpha value is -3.66. The number of nitrogens with zero attached hydrogens (tertiary/aromatic N) is 3. The average Bonchev–Trinajstić information content (AvgIpc) is 3.65. The van der Waals surface area contributed by atoms with Gasteiger partial charge < -0.3 is 20.1 Å². The van der Waals surface area contributed by atoms with E-state index in [-0.39, 0.29) is 47.8 Å². The highest BCUT2D eigenvalue weighted by Gasteiger charge is 2.64. The lowest BCUT2D eigenvalue weighted by Crippen LogP contribution is -2.51. The van der Waals surface area contributed by atoms with Crippen LogP contribution >= 0.6 is 0 Å². The van der Waals surface area contributed by atoms with E-state index in [1.165, 1.54) is 6.07 Å². The van der Waals surface area contributed by atoms with Crippen LogP contribution in [-0.2, 0) is 0 Å². The van der Waals surface area contributed by atoms with Crippen molar-refractivity contribution in [1.29, 1.82) is 0 Å². The summed E-state index contributed by atoms with van der Waals surface area (Å²) in [5.74, 6) is -0.197. The van der Waals surface area contributed by atoms with Gasteiger partial charge in [0.25, 0.3) is 0 Å². The van der Waals surface area contributed by atoms with Crippen molar-refractivity contribution in [3.05, 3.63) is 54.3 Å². The van der Waals surface area contributed by atoms with E-state index in [9.17, 15) is 18.3 Å². The molecule has 2 aliphatic heterocycles. The Balaban J connectivity index is 1.36. The van der Waals surface area contributed by atoms with Gasteiger partial charge in [-0.2, -0.15) is 23.1 Å². The van der Waals surface area contributed by atoms with Gasteiger partial charge in [-0.15, -0.1) is 0 Å². The van der Waals surface area contributed by atoms with Crippen molar-refractivity contribution < 1.29 is 27.4 Å². The van der Waals surface area contributed by atoms with E-state index >= 15 is 4.39 Å². The fourth-order valence-electron chi connectivity index (χ4n) is 5.99. The van der Waals surface area contributed by atoms with Gasteiger partial charge in [0.15, 0.2) is 5.82 Å². The van der Waals surface area contributed by atoms with Crippen LogP contribution in [0.25, 0.3) is 32.8 Å². The minimum atomic E-state index is -4.39. The predicted octanol–water partition coefficient (Wildman–Crippen LogP) is 5.96. The van der Waals surface area contributed by atoms with Gasteiger partial charge in [0.2, 0.25) is 0 Å². The van der Waals surface area contributed by atoms with Gasteiger partial charge in [0, 0.05) is 36.1 Å². The molecule has 6 nitrogen and oxygen atoms in total. The van der Waals surface area contributed by atoms with E-state index in [0.717, 1.165) is 23.6 Å². The standard InChI is InChI=1S/C29H26F4N4O2/c30-24-21(23-12-19(38)11-16-3-1-2-4-20(16)23)7-8-22-25(24)35-27(39-15-28(9-10-28)29(31,32)33)36-26(22)37-13-17-5-6-18(14-37)34-17/h1-4,7-8,11-12,17-18,34,38H,5-6,9-10,13-15H2. The average molecular weight is 539 g/mol. The van der Waals surface area contributed by atoms with Gasteiger partial charge >= 0.3 is 12.2 Å². The Morgan fingerprint density at radius 1 is 0.974 bits per heavy atom. The maximum atomic E-state index is 16.3. The Bertz CT molecular complexity index is 1590. The number of aromatic nitrogens is 2. The number of aromatic hydroxyl groups is 1. The van der Waals surface area contributed by atoms with Crippen molar-refractivity contribution in [2.24, 2.45) is 5.41 Å². The third-order valence-corrected chi connectivity index (χ3v) is 8.35. The lowest BCUT2D eigenvalue weighted by molar-refractivity contribution is -0.194. The maximum Gasteiger partial charge on any atom is 0.397 e. The summed E-state index contributed by atoms with van der Waals surface area (Å²) in [5, 5.41) is 15.8. The zero-order valence-corrected chi connectivity index (χ0v) is 20.9. The number of rotatable bonds is 5. The van der Waals surface area contributed by atoms with E-state index in [4.69, 9.17) is 4.74 Å². The lowest BCUT2D eigenvalue weighted by Gasteiger charge is -2.34. The second-order valence-electron chi connectivity index (χ2n) is 11.0. The summed E-state index contributed by atoms with van der Waals surface area (Å²) in [5.41, 5.74) is -1.22. The Kier molecular flexibility index (Phi) is 5.42. The van der Waals surface area contributed by atoms with Crippen LogP contribution in [0.15, 0.2) is 48.5 Å². The summed E-state index contributed by atoms with van der Waals surface area (Å²) >= 11 is 0. The van der Waals surface area contributed by atoms with Crippen LogP contribution in [0.4, 0.5) is 23.4 Å². The van der Waals surface area contributed by atoms with E-state index in [1.807, 2.05) is 24.3 Å². The van der Waals surface area contributed by atoms with Crippen molar-refractivity contribution in [3.63, 3.8) is 0 Å². The number of halogens is 4. The molecule has 3 fully saturated rings. The number of nitrogens with one attached hydrogen (secondary N) is 1. The molecule has 1 aromatic heterocycles. The molecule has 0 spiro atoms. The second kappa shape index (κ2) is 8.67.